The Morgan fingerprint density at radius 1 is 1.37 bits per heavy atom. The Hall–Kier alpha value is -2.77. The molecule has 0 aliphatic carbocycles. The summed E-state index contributed by atoms with van der Waals surface area (Å²) in [7, 11) is 2.02. The lowest BCUT2D eigenvalue weighted by molar-refractivity contribution is 0.0696. The lowest BCUT2D eigenvalue weighted by Gasteiger charge is -2.27. The van der Waals surface area contributed by atoms with Gasteiger partial charge in [0, 0.05) is 13.6 Å². The number of rotatable bonds is 6. The molecular formula is C23H26N2O2. The van der Waals surface area contributed by atoms with E-state index in [9.17, 15) is 0 Å². The van der Waals surface area contributed by atoms with Crippen LogP contribution in [0.25, 0.3) is 0 Å². The molecule has 0 aromatic heterocycles. The number of aliphatic imine (C=N–C) groups is 1. The van der Waals surface area contributed by atoms with Crippen molar-refractivity contribution in [3.05, 3.63) is 58.7 Å². The van der Waals surface area contributed by atoms with E-state index < -0.39 is 0 Å². The first-order valence-electron chi connectivity index (χ1n) is 9.28. The lowest BCUT2D eigenvalue weighted by atomic mass is 9.91. The monoisotopic (exact) mass is 362 g/mol. The highest BCUT2D eigenvalue weighted by atomic mass is 16.5. The maximum absolute atomic E-state index is 6.12. The first kappa shape index (κ1) is 19.0. The standard InChI is InChI=1S/C23H26N2O2/c1-5-11-26-20-9-7-8-19(14-20)23-21-13-17(3)22(24-16-25(4)6-2)15-18(21)10-12-27-23/h1,7-9,13-16,23H,6,10-12H2,2-4H3. The van der Waals surface area contributed by atoms with Crippen molar-refractivity contribution in [2.24, 2.45) is 4.99 Å². The van der Waals surface area contributed by atoms with Crippen LogP contribution in [-0.4, -0.2) is 38.0 Å². The second kappa shape index (κ2) is 8.75. The molecule has 1 aliphatic heterocycles. The summed E-state index contributed by atoms with van der Waals surface area (Å²) in [5.74, 6) is 3.26. The van der Waals surface area contributed by atoms with Crippen LogP contribution in [0.5, 0.6) is 5.75 Å². The first-order valence-corrected chi connectivity index (χ1v) is 9.28. The summed E-state index contributed by atoms with van der Waals surface area (Å²) in [5.41, 5.74) is 5.73. The minimum absolute atomic E-state index is 0.0989. The van der Waals surface area contributed by atoms with Crippen molar-refractivity contribution in [2.75, 3.05) is 26.8 Å². The molecule has 2 aromatic carbocycles. The molecule has 0 fully saturated rings. The van der Waals surface area contributed by atoms with Gasteiger partial charge in [0.05, 0.1) is 18.6 Å². The smallest absolute Gasteiger partial charge is 0.148 e. The minimum atomic E-state index is -0.0989. The third-order valence-electron chi connectivity index (χ3n) is 4.77. The molecule has 1 unspecified atom stereocenters. The molecule has 1 atom stereocenters. The molecular weight excluding hydrogens is 336 g/mol. The second-order valence-corrected chi connectivity index (χ2v) is 6.72. The van der Waals surface area contributed by atoms with Gasteiger partial charge < -0.3 is 14.4 Å². The number of ether oxygens (including phenoxy) is 2. The van der Waals surface area contributed by atoms with Crippen LogP contribution in [-0.2, 0) is 11.2 Å². The molecule has 2 aromatic rings. The molecule has 0 spiro atoms. The van der Waals surface area contributed by atoms with Gasteiger partial charge in [0.1, 0.15) is 18.5 Å². The fraction of sp³-hybridized carbons (Fsp3) is 0.348. The van der Waals surface area contributed by atoms with Crippen molar-refractivity contribution in [1.29, 1.82) is 0 Å². The molecule has 3 rings (SSSR count). The van der Waals surface area contributed by atoms with Crippen LogP contribution in [0.2, 0.25) is 0 Å². The highest BCUT2D eigenvalue weighted by molar-refractivity contribution is 5.64. The van der Waals surface area contributed by atoms with E-state index >= 15 is 0 Å². The van der Waals surface area contributed by atoms with Crippen LogP contribution >= 0.6 is 0 Å². The summed E-state index contributed by atoms with van der Waals surface area (Å²) < 4.78 is 11.7. The summed E-state index contributed by atoms with van der Waals surface area (Å²) in [6.07, 6.45) is 7.97. The summed E-state index contributed by atoms with van der Waals surface area (Å²) in [6.45, 7) is 6.08. The second-order valence-electron chi connectivity index (χ2n) is 6.72. The SMILES string of the molecule is C#CCOc1cccc(C2OCCc3cc(N=CN(C)CC)c(C)cc32)c1. The van der Waals surface area contributed by atoms with Gasteiger partial charge in [-0.05, 0) is 60.7 Å². The number of terminal acetylenes is 1. The number of fused-ring (bicyclic) bond motifs is 1. The van der Waals surface area contributed by atoms with E-state index in [1.807, 2.05) is 31.6 Å². The molecule has 0 N–H and O–H groups in total. The minimum Gasteiger partial charge on any atom is -0.481 e. The van der Waals surface area contributed by atoms with Gasteiger partial charge in [-0.25, -0.2) is 4.99 Å². The van der Waals surface area contributed by atoms with Crippen LogP contribution < -0.4 is 4.74 Å². The van der Waals surface area contributed by atoms with E-state index in [1.165, 1.54) is 11.1 Å². The average Bonchev–Trinajstić information content (AvgIpc) is 2.70. The van der Waals surface area contributed by atoms with Gasteiger partial charge in [-0.15, -0.1) is 6.42 Å². The van der Waals surface area contributed by atoms with E-state index in [2.05, 4.69) is 47.9 Å². The molecule has 0 saturated carbocycles. The predicted molar refractivity (Wildman–Crippen MR) is 110 cm³/mol. The van der Waals surface area contributed by atoms with E-state index in [0.717, 1.165) is 35.5 Å². The molecule has 140 valence electrons. The Morgan fingerprint density at radius 3 is 3.00 bits per heavy atom. The van der Waals surface area contributed by atoms with Gasteiger partial charge in [-0.3, -0.25) is 0 Å². The summed E-state index contributed by atoms with van der Waals surface area (Å²) in [5, 5.41) is 0. The Bertz CT molecular complexity index is 867. The highest BCUT2D eigenvalue weighted by Gasteiger charge is 2.24. The van der Waals surface area contributed by atoms with Crippen LogP contribution in [0, 0.1) is 19.3 Å². The quantitative estimate of drug-likeness (QED) is 0.437. The molecule has 0 radical (unpaired) electrons. The van der Waals surface area contributed by atoms with E-state index in [0.29, 0.717) is 6.61 Å². The van der Waals surface area contributed by atoms with E-state index in [1.54, 1.807) is 0 Å². The molecule has 4 heteroatoms. The van der Waals surface area contributed by atoms with Crippen molar-refractivity contribution in [1.82, 2.24) is 4.90 Å². The zero-order chi connectivity index (χ0) is 19.2. The third-order valence-corrected chi connectivity index (χ3v) is 4.77. The molecule has 1 aliphatic rings. The Kier molecular flexibility index (Phi) is 6.16. The number of hydrogen-bond acceptors (Lipinski definition) is 3. The van der Waals surface area contributed by atoms with E-state index in [4.69, 9.17) is 15.9 Å². The fourth-order valence-electron chi connectivity index (χ4n) is 3.15. The summed E-state index contributed by atoms with van der Waals surface area (Å²) in [6, 6.07) is 12.4. The average molecular weight is 362 g/mol. The predicted octanol–water partition coefficient (Wildman–Crippen LogP) is 4.28. The zero-order valence-electron chi connectivity index (χ0n) is 16.2. The van der Waals surface area contributed by atoms with Gasteiger partial charge in [-0.2, -0.15) is 0 Å². The van der Waals surface area contributed by atoms with Crippen molar-refractivity contribution >= 4 is 12.0 Å². The maximum Gasteiger partial charge on any atom is 0.148 e. The maximum atomic E-state index is 6.12. The topological polar surface area (TPSA) is 34.1 Å². The lowest BCUT2D eigenvalue weighted by Crippen LogP contribution is -2.18. The summed E-state index contributed by atoms with van der Waals surface area (Å²) in [4.78, 5) is 6.71. The van der Waals surface area contributed by atoms with Gasteiger partial charge >= 0.3 is 0 Å². The number of hydrogen-bond donors (Lipinski definition) is 0. The fourth-order valence-corrected chi connectivity index (χ4v) is 3.15. The van der Waals surface area contributed by atoms with Gasteiger partial charge in [0.15, 0.2) is 0 Å². The number of aryl methyl sites for hydroxylation is 1. The zero-order valence-corrected chi connectivity index (χ0v) is 16.2. The molecule has 0 saturated heterocycles. The first-order chi connectivity index (χ1) is 13.1. The van der Waals surface area contributed by atoms with Gasteiger partial charge in [0.25, 0.3) is 0 Å². The van der Waals surface area contributed by atoms with Crippen LogP contribution in [0.15, 0.2) is 41.4 Å². The Labute approximate surface area is 161 Å². The van der Waals surface area contributed by atoms with Crippen LogP contribution in [0.1, 0.15) is 35.3 Å². The van der Waals surface area contributed by atoms with E-state index in [-0.39, 0.29) is 12.7 Å². The molecule has 4 nitrogen and oxygen atoms in total. The largest absolute Gasteiger partial charge is 0.481 e. The highest BCUT2D eigenvalue weighted by Crippen LogP contribution is 2.37. The number of nitrogens with zero attached hydrogens (tertiary/aromatic N) is 2. The molecule has 0 amide bonds. The Balaban J connectivity index is 1.92. The van der Waals surface area contributed by atoms with Crippen molar-refractivity contribution in [3.63, 3.8) is 0 Å². The van der Waals surface area contributed by atoms with Gasteiger partial charge in [-0.1, -0.05) is 24.1 Å². The van der Waals surface area contributed by atoms with Crippen LogP contribution in [0.4, 0.5) is 5.69 Å². The Morgan fingerprint density at radius 2 is 2.22 bits per heavy atom. The number of benzene rings is 2. The third kappa shape index (κ3) is 4.50. The van der Waals surface area contributed by atoms with Crippen molar-refractivity contribution < 1.29 is 9.47 Å². The molecule has 0 bridgehead atoms. The summed E-state index contributed by atoms with van der Waals surface area (Å²) >= 11 is 0. The molecule has 1 heterocycles. The van der Waals surface area contributed by atoms with Gasteiger partial charge in [0.2, 0.25) is 0 Å². The normalized spacial score (nSPS) is 16.0. The van der Waals surface area contributed by atoms with Crippen molar-refractivity contribution in [3.8, 4) is 18.1 Å². The van der Waals surface area contributed by atoms with Crippen LogP contribution in [0.3, 0.4) is 0 Å². The van der Waals surface area contributed by atoms with Crippen molar-refractivity contribution in [2.45, 2.75) is 26.4 Å². The molecule has 27 heavy (non-hydrogen) atoms.